The SMILES string of the molecule is N#Cc1cccc(-c2cc(-n3c4cc(-c5ccc(C#N)cc5C#N)ccc4c4ccc(-c5ccc(C#N)cc5C#N)cc43)c(C(F)(F)F)cc2-n2c3cc(-c4ccc(C#N)cc4C#N)ccc3c3ccc(-c4ccc(C#N)cc4C#N)cc32)c1. The molecular weight excluding hydrogens is 1050 g/mol. The summed E-state index contributed by atoms with van der Waals surface area (Å²) in [5.74, 6) is 0. The van der Waals surface area contributed by atoms with Crippen molar-refractivity contribution in [3.8, 4) is 122 Å². The molecule has 12 aromatic rings. The number of rotatable bonds is 7. The topological polar surface area (TPSA) is 224 Å². The van der Waals surface area contributed by atoms with E-state index in [-0.39, 0.29) is 67.0 Å². The van der Waals surface area contributed by atoms with Crippen LogP contribution in [0, 0.1) is 102 Å². The maximum Gasteiger partial charge on any atom is 0.418 e. The van der Waals surface area contributed by atoms with Crippen LogP contribution in [0.25, 0.3) is 111 Å². The molecule has 2 aromatic heterocycles. The van der Waals surface area contributed by atoms with Crippen LogP contribution < -0.4 is 0 Å². The van der Waals surface area contributed by atoms with E-state index in [0.29, 0.717) is 93.7 Å². The van der Waals surface area contributed by atoms with E-state index in [1.165, 1.54) is 34.9 Å². The minimum Gasteiger partial charge on any atom is -0.309 e. The Hall–Kier alpha value is -13.0. The quantitative estimate of drug-likeness (QED) is 0.148. The van der Waals surface area contributed by atoms with E-state index >= 15 is 13.2 Å². The summed E-state index contributed by atoms with van der Waals surface area (Å²) in [6.07, 6.45) is -5.11. The van der Waals surface area contributed by atoms with Gasteiger partial charge in [-0.3, -0.25) is 0 Å². The molecular formula is C70H30F3N11. The lowest BCUT2D eigenvalue weighted by Gasteiger charge is -2.22. The first kappa shape index (κ1) is 51.7. The Kier molecular flexibility index (Phi) is 12.5. The smallest absolute Gasteiger partial charge is 0.309 e. The zero-order chi connectivity index (χ0) is 58.6. The van der Waals surface area contributed by atoms with E-state index in [1.54, 1.807) is 138 Å². The normalized spacial score (nSPS) is 10.9. The van der Waals surface area contributed by atoms with Gasteiger partial charge in [0.05, 0.1) is 144 Å². The number of benzene rings is 10. The van der Waals surface area contributed by atoms with Crippen molar-refractivity contribution in [2.45, 2.75) is 6.18 Å². The predicted molar refractivity (Wildman–Crippen MR) is 310 cm³/mol. The number of fused-ring (bicyclic) bond motifs is 6. The summed E-state index contributed by atoms with van der Waals surface area (Å²) in [5, 5.41) is 93.0. The zero-order valence-corrected chi connectivity index (χ0v) is 43.4. The van der Waals surface area contributed by atoms with Gasteiger partial charge in [0.1, 0.15) is 0 Å². The molecule has 0 unspecified atom stereocenters. The van der Waals surface area contributed by atoms with Gasteiger partial charge in [0.2, 0.25) is 0 Å². The van der Waals surface area contributed by atoms with Crippen LogP contribution in [0.1, 0.15) is 55.6 Å². The van der Waals surface area contributed by atoms with Crippen LogP contribution in [0.4, 0.5) is 13.2 Å². The molecule has 0 aliphatic carbocycles. The van der Waals surface area contributed by atoms with Gasteiger partial charge in [0, 0.05) is 27.1 Å². The lowest BCUT2D eigenvalue weighted by Crippen LogP contribution is -2.13. The van der Waals surface area contributed by atoms with Gasteiger partial charge in [-0.2, -0.15) is 60.5 Å². The van der Waals surface area contributed by atoms with Gasteiger partial charge in [-0.25, -0.2) is 0 Å². The summed E-state index contributed by atoms with van der Waals surface area (Å²) < 4.78 is 54.0. The summed E-state index contributed by atoms with van der Waals surface area (Å²) in [6.45, 7) is 0. The second-order valence-corrected chi connectivity index (χ2v) is 19.6. The Morgan fingerprint density at radius 2 is 0.583 bits per heavy atom. The van der Waals surface area contributed by atoms with E-state index in [0.717, 1.165) is 6.07 Å². The maximum absolute atomic E-state index is 16.9. The molecule has 0 spiro atoms. The third kappa shape index (κ3) is 8.57. The van der Waals surface area contributed by atoms with Gasteiger partial charge < -0.3 is 9.13 Å². The van der Waals surface area contributed by atoms with E-state index < -0.39 is 11.7 Å². The number of nitrogens with zero attached hydrogens (tertiary/aromatic N) is 11. The van der Waals surface area contributed by atoms with Crippen LogP contribution in [0.5, 0.6) is 0 Å². The molecule has 0 bridgehead atoms. The molecule has 386 valence electrons. The molecule has 10 aromatic carbocycles. The fourth-order valence-electron chi connectivity index (χ4n) is 11.2. The molecule has 0 N–H and O–H groups in total. The minimum atomic E-state index is -5.11. The molecule has 0 fully saturated rings. The minimum absolute atomic E-state index is 0.0192. The largest absolute Gasteiger partial charge is 0.418 e. The summed E-state index contributed by atoms with van der Waals surface area (Å²) >= 11 is 0. The van der Waals surface area contributed by atoms with Crippen molar-refractivity contribution in [3.05, 3.63) is 238 Å². The molecule has 0 atom stereocenters. The predicted octanol–water partition coefficient (Wildman–Crippen LogP) is 16.1. The molecule has 14 heteroatoms. The third-order valence-electron chi connectivity index (χ3n) is 15.1. The van der Waals surface area contributed by atoms with Gasteiger partial charge in [0.15, 0.2) is 0 Å². The number of hydrogen-bond acceptors (Lipinski definition) is 9. The van der Waals surface area contributed by atoms with Crippen molar-refractivity contribution in [3.63, 3.8) is 0 Å². The average molecular weight is 1080 g/mol. The fourth-order valence-corrected chi connectivity index (χ4v) is 11.2. The Morgan fingerprint density at radius 3 is 0.893 bits per heavy atom. The van der Waals surface area contributed by atoms with Crippen molar-refractivity contribution in [2.24, 2.45) is 0 Å². The zero-order valence-electron chi connectivity index (χ0n) is 43.4. The first-order chi connectivity index (χ1) is 40.8. The molecule has 0 saturated carbocycles. The van der Waals surface area contributed by atoms with Crippen molar-refractivity contribution in [2.75, 3.05) is 0 Å². The van der Waals surface area contributed by atoms with Crippen LogP contribution >= 0.6 is 0 Å². The lowest BCUT2D eigenvalue weighted by molar-refractivity contribution is -0.137. The molecule has 2 heterocycles. The number of aromatic nitrogens is 2. The fraction of sp³-hybridized carbons (Fsp3) is 0.0143. The Labute approximate surface area is 476 Å². The van der Waals surface area contributed by atoms with Crippen molar-refractivity contribution in [1.82, 2.24) is 9.13 Å². The number of alkyl halides is 3. The van der Waals surface area contributed by atoms with Gasteiger partial charge in [-0.05, 0) is 147 Å². The molecule has 0 aliphatic heterocycles. The average Bonchev–Trinajstić information content (AvgIpc) is 2.76. The molecule has 0 saturated heterocycles. The van der Waals surface area contributed by atoms with E-state index in [4.69, 9.17) is 0 Å². The molecule has 0 aliphatic rings. The molecule has 0 radical (unpaired) electrons. The van der Waals surface area contributed by atoms with Crippen LogP contribution in [-0.4, -0.2) is 9.13 Å². The van der Waals surface area contributed by atoms with Crippen LogP contribution in [0.15, 0.2) is 182 Å². The first-order valence-electron chi connectivity index (χ1n) is 25.6. The van der Waals surface area contributed by atoms with Gasteiger partial charge in [-0.1, -0.05) is 84.9 Å². The second-order valence-electron chi connectivity index (χ2n) is 19.6. The standard InChI is InChI=1S/C70H30F3N11/c71-70(72,73)63-30-68(83-64-25-46(54-12-4-41(32-75)21-50(54)36-79)8-16-58(64)59-17-9-47(26-65(59)83)55-13-5-42(33-76)22-51(55)37-80)62(45-3-1-2-40(20-45)31-74)29-69(63)84-66-27-48(56-14-6-43(34-77)23-52(56)38-81)10-18-60(66)61-19-11-49(28-67(61)84)57-15-7-44(35-78)24-53(57)39-82/h1-30H. The highest BCUT2D eigenvalue weighted by Gasteiger charge is 2.37. The van der Waals surface area contributed by atoms with Crippen molar-refractivity contribution in [1.29, 1.82) is 47.4 Å². The van der Waals surface area contributed by atoms with Crippen LogP contribution in [0.2, 0.25) is 0 Å². The van der Waals surface area contributed by atoms with Crippen molar-refractivity contribution < 1.29 is 13.2 Å². The monoisotopic (exact) mass is 1080 g/mol. The lowest BCUT2D eigenvalue weighted by atomic mass is 9.96. The third-order valence-corrected chi connectivity index (χ3v) is 15.1. The second kappa shape index (κ2) is 20.3. The Morgan fingerprint density at radius 1 is 0.274 bits per heavy atom. The highest BCUT2D eigenvalue weighted by Crippen LogP contribution is 2.47. The number of hydrogen-bond donors (Lipinski definition) is 0. The summed E-state index contributed by atoms with van der Waals surface area (Å²) in [5.41, 5.74) is 6.11. The van der Waals surface area contributed by atoms with Gasteiger partial charge in [0.25, 0.3) is 0 Å². The molecule has 0 amide bonds. The van der Waals surface area contributed by atoms with Gasteiger partial charge in [-0.15, -0.1) is 0 Å². The molecule has 12 rings (SSSR count). The van der Waals surface area contributed by atoms with E-state index in [9.17, 15) is 47.4 Å². The summed E-state index contributed by atoms with van der Waals surface area (Å²) in [7, 11) is 0. The highest BCUT2D eigenvalue weighted by atomic mass is 19.4. The first-order valence-corrected chi connectivity index (χ1v) is 25.6. The molecule has 11 nitrogen and oxygen atoms in total. The molecule has 84 heavy (non-hydrogen) atoms. The van der Waals surface area contributed by atoms with E-state index in [1.807, 2.05) is 24.3 Å². The summed E-state index contributed by atoms with van der Waals surface area (Å²) in [6, 6.07) is 67.8. The highest BCUT2D eigenvalue weighted by molar-refractivity contribution is 6.13. The van der Waals surface area contributed by atoms with Crippen LogP contribution in [0.3, 0.4) is 0 Å². The van der Waals surface area contributed by atoms with Crippen LogP contribution in [-0.2, 0) is 6.18 Å². The van der Waals surface area contributed by atoms with E-state index in [2.05, 4.69) is 42.5 Å². The van der Waals surface area contributed by atoms with Crippen molar-refractivity contribution >= 4 is 43.6 Å². The summed E-state index contributed by atoms with van der Waals surface area (Å²) in [4.78, 5) is 0. The van der Waals surface area contributed by atoms with Gasteiger partial charge >= 0.3 is 6.18 Å². The Bertz CT molecular complexity index is 5060. The Balaban J connectivity index is 1.24. The number of halogens is 3. The maximum atomic E-state index is 16.9. The number of nitriles is 9.